The molecule has 0 aliphatic heterocycles. The zero-order valence-corrected chi connectivity index (χ0v) is 18.9. The van der Waals surface area contributed by atoms with E-state index in [0.29, 0.717) is 10.9 Å². The van der Waals surface area contributed by atoms with Gasteiger partial charge in [-0.1, -0.05) is 79.8 Å². The summed E-state index contributed by atoms with van der Waals surface area (Å²) >= 11 is 0. The third-order valence-electron chi connectivity index (χ3n) is 6.00. The average molecular weight is 421 g/mol. The molecule has 1 heteroatoms. The van der Waals surface area contributed by atoms with Crippen LogP contribution in [0.5, 0.6) is 0 Å². The van der Waals surface area contributed by atoms with Gasteiger partial charge in [-0.2, -0.15) is 0 Å². The number of unbranched alkanes of at least 4 members (excludes halogenated alkanes) is 1. The zero-order chi connectivity index (χ0) is 22.3. The maximum atomic E-state index is 14.2. The smallest absolute Gasteiger partial charge is 0.133 e. The second-order valence-corrected chi connectivity index (χ2v) is 8.50. The molecule has 0 unspecified atom stereocenters. The molecule has 0 N–H and O–H groups in total. The van der Waals surface area contributed by atoms with E-state index in [1.807, 2.05) is 30.3 Å². The number of fused-ring (bicyclic) bond motifs is 1. The molecule has 4 aromatic carbocycles. The van der Waals surface area contributed by atoms with Crippen molar-refractivity contribution < 1.29 is 4.39 Å². The number of rotatable bonds is 6. The van der Waals surface area contributed by atoms with E-state index in [-0.39, 0.29) is 5.82 Å². The van der Waals surface area contributed by atoms with Crippen LogP contribution in [0.4, 0.5) is 4.39 Å². The van der Waals surface area contributed by atoms with Crippen LogP contribution in [0.15, 0.2) is 78.9 Å². The summed E-state index contributed by atoms with van der Waals surface area (Å²) in [5.41, 5.74) is 6.70. The summed E-state index contributed by atoms with van der Waals surface area (Å²) in [7, 11) is 0. The van der Waals surface area contributed by atoms with Crippen molar-refractivity contribution >= 4 is 10.8 Å². The van der Waals surface area contributed by atoms with Gasteiger partial charge in [0.1, 0.15) is 5.82 Å². The molecule has 0 aliphatic carbocycles. The lowest BCUT2D eigenvalue weighted by Gasteiger charge is -2.05. The summed E-state index contributed by atoms with van der Waals surface area (Å²) in [6, 6.07) is 27.0. The average Bonchev–Trinajstić information content (AvgIpc) is 2.84. The van der Waals surface area contributed by atoms with E-state index in [1.54, 1.807) is 6.92 Å². The van der Waals surface area contributed by atoms with E-state index in [4.69, 9.17) is 0 Å². The molecule has 0 atom stereocenters. The molecular weight excluding hydrogens is 391 g/mol. The third-order valence-corrected chi connectivity index (χ3v) is 6.00. The van der Waals surface area contributed by atoms with Gasteiger partial charge in [0.05, 0.1) is 0 Å². The highest BCUT2D eigenvalue weighted by molar-refractivity contribution is 5.85. The van der Waals surface area contributed by atoms with Gasteiger partial charge in [-0.15, -0.1) is 0 Å². The van der Waals surface area contributed by atoms with Gasteiger partial charge in [0.25, 0.3) is 0 Å². The van der Waals surface area contributed by atoms with E-state index in [1.165, 1.54) is 36.0 Å². The van der Waals surface area contributed by atoms with Gasteiger partial charge < -0.3 is 0 Å². The number of hydrogen-bond acceptors (Lipinski definition) is 0. The summed E-state index contributed by atoms with van der Waals surface area (Å²) in [6.07, 6.45) is 5.75. The van der Waals surface area contributed by atoms with Gasteiger partial charge in [0.15, 0.2) is 0 Å². The minimum Gasteiger partial charge on any atom is -0.206 e. The fourth-order valence-corrected chi connectivity index (χ4v) is 3.92. The van der Waals surface area contributed by atoms with Crippen molar-refractivity contribution in [2.24, 2.45) is 0 Å². The lowest BCUT2D eigenvalue weighted by atomic mass is 10.0. The summed E-state index contributed by atoms with van der Waals surface area (Å²) in [6.45, 7) is 4.02. The molecule has 0 aromatic heterocycles. The molecule has 0 aliphatic rings. The van der Waals surface area contributed by atoms with E-state index < -0.39 is 0 Å². The van der Waals surface area contributed by atoms with Crippen LogP contribution in [0.2, 0.25) is 0 Å². The number of benzene rings is 4. The Morgan fingerprint density at radius 1 is 0.656 bits per heavy atom. The largest absolute Gasteiger partial charge is 0.206 e. The Balaban J connectivity index is 1.38. The van der Waals surface area contributed by atoms with Crippen molar-refractivity contribution in [2.75, 3.05) is 0 Å². The highest BCUT2D eigenvalue weighted by Gasteiger charge is 2.04. The maximum absolute atomic E-state index is 14.2. The molecule has 0 amide bonds. The number of halogens is 1. The van der Waals surface area contributed by atoms with Gasteiger partial charge in [-0.3, -0.25) is 0 Å². The van der Waals surface area contributed by atoms with E-state index >= 15 is 0 Å². The lowest BCUT2D eigenvalue weighted by Crippen LogP contribution is -1.92. The van der Waals surface area contributed by atoms with Crippen molar-refractivity contribution in [2.45, 2.75) is 46.0 Å². The first-order chi connectivity index (χ1) is 15.6. The minimum absolute atomic E-state index is 0.148. The SMILES string of the molecule is CCCCc1ccc(CCc2ccc(C#Cc3ccc4c(F)c(C)ccc4c3)cc2)cc1. The van der Waals surface area contributed by atoms with Crippen molar-refractivity contribution in [1.82, 2.24) is 0 Å². The molecule has 4 aromatic rings. The van der Waals surface area contributed by atoms with Gasteiger partial charge in [-0.25, -0.2) is 4.39 Å². The number of hydrogen-bond donors (Lipinski definition) is 0. The van der Waals surface area contributed by atoms with Crippen LogP contribution in [0.1, 0.15) is 53.1 Å². The second-order valence-electron chi connectivity index (χ2n) is 8.50. The first-order valence-corrected chi connectivity index (χ1v) is 11.5. The molecular formula is C31H29F. The molecule has 0 bridgehead atoms. The predicted octanol–water partition coefficient (Wildman–Crippen LogP) is 7.81. The number of aryl methyl sites for hydroxylation is 4. The predicted molar refractivity (Wildman–Crippen MR) is 134 cm³/mol. The van der Waals surface area contributed by atoms with Crippen LogP contribution in [0.3, 0.4) is 0 Å². The highest BCUT2D eigenvalue weighted by Crippen LogP contribution is 2.22. The summed E-state index contributed by atoms with van der Waals surface area (Å²) < 4.78 is 14.2. The summed E-state index contributed by atoms with van der Waals surface area (Å²) in [5, 5.41) is 1.53. The molecule has 0 fully saturated rings. The molecule has 0 nitrogen and oxygen atoms in total. The fraction of sp³-hybridized carbons (Fsp3) is 0.226. The van der Waals surface area contributed by atoms with Gasteiger partial charge >= 0.3 is 0 Å². The molecule has 0 radical (unpaired) electrons. The van der Waals surface area contributed by atoms with Crippen LogP contribution in [0, 0.1) is 24.6 Å². The monoisotopic (exact) mass is 420 g/mol. The van der Waals surface area contributed by atoms with Gasteiger partial charge in [0, 0.05) is 16.5 Å². The Kier molecular flexibility index (Phi) is 7.03. The highest BCUT2D eigenvalue weighted by atomic mass is 19.1. The van der Waals surface area contributed by atoms with Crippen molar-refractivity contribution in [3.05, 3.63) is 118 Å². The maximum Gasteiger partial charge on any atom is 0.133 e. The Morgan fingerprint density at radius 2 is 1.22 bits per heavy atom. The molecule has 0 saturated carbocycles. The summed E-state index contributed by atoms with van der Waals surface area (Å²) in [5.74, 6) is 6.30. The third kappa shape index (κ3) is 5.45. The molecule has 0 saturated heterocycles. The van der Waals surface area contributed by atoms with E-state index in [2.05, 4.69) is 67.3 Å². The van der Waals surface area contributed by atoms with Crippen molar-refractivity contribution in [3.8, 4) is 11.8 Å². The van der Waals surface area contributed by atoms with Crippen LogP contribution in [-0.4, -0.2) is 0 Å². The lowest BCUT2D eigenvalue weighted by molar-refractivity contribution is 0.631. The van der Waals surface area contributed by atoms with E-state index in [0.717, 1.165) is 29.4 Å². The molecule has 160 valence electrons. The molecule has 32 heavy (non-hydrogen) atoms. The Morgan fingerprint density at radius 3 is 1.88 bits per heavy atom. The van der Waals surface area contributed by atoms with Crippen LogP contribution in [0.25, 0.3) is 10.8 Å². The topological polar surface area (TPSA) is 0 Å². The zero-order valence-electron chi connectivity index (χ0n) is 18.9. The van der Waals surface area contributed by atoms with Crippen molar-refractivity contribution in [1.29, 1.82) is 0 Å². The normalized spacial score (nSPS) is 10.7. The molecule has 0 heterocycles. The van der Waals surface area contributed by atoms with Crippen molar-refractivity contribution in [3.63, 3.8) is 0 Å². The van der Waals surface area contributed by atoms with Gasteiger partial charge in [0.2, 0.25) is 0 Å². The molecule has 4 rings (SSSR count). The Hall–Kier alpha value is -3.37. The van der Waals surface area contributed by atoms with E-state index in [9.17, 15) is 4.39 Å². The van der Waals surface area contributed by atoms with Crippen LogP contribution < -0.4 is 0 Å². The first-order valence-electron chi connectivity index (χ1n) is 11.5. The Bertz CT molecular complexity index is 1250. The van der Waals surface area contributed by atoms with Crippen LogP contribution >= 0.6 is 0 Å². The fourth-order valence-electron chi connectivity index (χ4n) is 3.92. The second kappa shape index (κ2) is 10.3. The summed E-state index contributed by atoms with van der Waals surface area (Å²) in [4.78, 5) is 0. The van der Waals surface area contributed by atoms with Gasteiger partial charge in [-0.05, 0) is 84.5 Å². The Labute approximate surface area is 191 Å². The van der Waals surface area contributed by atoms with Crippen LogP contribution in [-0.2, 0) is 19.3 Å². The standard InChI is InChI=1S/C31H29F/c1-3-4-5-24-7-9-25(10-8-24)11-12-26-13-15-27(16-14-26)17-18-28-19-21-30-29(22-28)20-6-23(2)31(30)32/h6-10,13-16,19-22H,3-5,11-12H2,1-2H3. The first kappa shape index (κ1) is 21.8. The molecule has 0 spiro atoms. The minimum atomic E-state index is -0.148. The quantitative estimate of drug-likeness (QED) is 0.279.